The van der Waals surface area contributed by atoms with Crippen LogP contribution in [0, 0.1) is 0 Å². The number of hydrazone groups is 1. The number of anilines is 1. The lowest BCUT2D eigenvalue weighted by Gasteiger charge is -2.18. The Morgan fingerprint density at radius 3 is 2.16 bits per heavy atom. The summed E-state index contributed by atoms with van der Waals surface area (Å²) in [6.45, 7) is 0.169. The Hall–Kier alpha value is -2.25. The maximum Gasteiger partial charge on any atom is 0.279 e. The SMILES string of the molecule is CN(C)c1ccc([C@H]2CN(S(=O)(=O)c3ccc(Cl)cc3)N=C2c2ccc(Cl)c(Cl)c2)cc1. The van der Waals surface area contributed by atoms with Gasteiger partial charge in [0.1, 0.15) is 0 Å². The molecule has 32 heavy (non-hydrogen) atoms. The largest absolute Gasteiger partial charge is 0.378 e. The summed E-state index contributed by atoms with van der Waals surface area (Å²) in [4.78, 5) is 2.13. The predicted molar refractivity (Wildman–Crippen MR) is 132 cm³/mol. The van der Waals surface area contributed by atoms with Gasteiger partial charge in [-0.3, -0.25) is 0 Å². The fourth-order valence-corrected chi connectivity index (χ4v) is 5.22. The molecule has 1 aliphatic heterocycles. The maximum atomic E-state index is 13.3. The standard InChI is InChI=1S/C23H20Cl3N3O2S/c1-28(2)18-8-3-15(4-9-18)20-14-29(32(30,31)19-10-6-17(24)7-11-19)27-23(20)16-5-12-21(25)22(26)13-16/h3-13,20H,14H2,1-2H3/t20-/m1/s1. The van der Waals surface area contributed by atoms with Crippen LogP contribution in [0.3, 0.4) is 0 Å². The summed E-state index contributed by atoms with van der Waals surface area (Å²) in [7, 11) is 0.0745. The van der Waals surface area contributed by atoms with Gasteiger partial charge in [0.05, 0.1) is 27.2 Å². The summed E-state index contributed by atoms with van der Waals surface area (Å²) in [5.74, 6) is -0.273. The molecule has 3 aromatic carbocycles. The van der Waals surface area contributed by atoms with E-state index in [1.165, 1.54) is 12.1 Å². The first-order chi connectivity index (χ1) is 15.2. The predicted octanol–water partition coefficient (Wildman–Crippen LogP) is 5.91. The maximum absolute atomic E-state index is 13.3. The van der Waals surface area contributed by atoms with E-state index in [-0.39, 0.29) is 17.4 Å². The zero-order valence-corrected chi connectivity index (χ0v) is 20.4. The first-order valence-electron chi connectivity index (χ1n) is 9.76. The molecule has 0 amide bonds. The first-order valence-corrected chi connectivity index (χ1v) is 12.3. The van der Waals surface area contributed by atoms with Crippen molar-refractivity contribution in [2.24, 2.45) is 5.10 Å². The van der Waals surface area contributed by atoms with Crippen molar-refractivity contribution in [3.8, 4) is 0 Å². The smallest absolute Gasteiger partial charge is 0.279 e. The summed E-state index contributed by atoms with van der Waals surface area (Å²) in [5, 5.41) is 5.80. The molecule has 0 bridgehead atoms. The number of hydrogen-bond acceptors (Lipinski definition) is 4. The number of sulfonamides is 1. The molecule has 1 heterocycles. The van der Waals surface area contributed by atoms with Crippen LogP contribution in [0.25, 0.3) is 0 Å². The lowest BCUT2D eigenvalue weighted by Crippen LogP contribution is -2.26. The number of rotatable bonds is 5. The van der Waals surface area contributed by atoms with Gasteiger partial charge in [-0.05, 0) is 54.1 Å². The van der Waals surface area contributed by atoms with Crippen molar-refractivity contribution in [3.05, 3.63) is 92.9 Å². The molecule has 0 unspecified atom stereocenters. The highest BCUT2D eigenvalue weighted by atomic mass is 35.5. The van der Waals surface area contributed by atoms with E-state index in [2.05, 4.69) is 5.10 Å². The van der Waals surface area contributed by atoms with Crippen LogP contribution in [0.15, 0.2) is 76.7 Å². The summed E-state index contributed by atoms with van der Waals surface area (Å²) in [5.41, 5.74) is 3.33. The van der Waals surface area contributed by atoms with E-state index >= 15 is 0 Å². The third kappa shape index (κ3) is 4.46. The third-order valence-corrected chi connectivity index (χ3v) is 7.95. The Morgan fingerprint density at radius 1 is 0.906 bits per heavy atom. The molecule has 0 aromatic heterocycles. The summed E-state index contributed by atoms with van der Waals surface area (Å²) < 4.78 is 27.7. The Labute approximate surface area is 202 Å². The van der Waals surface area contributed by atoms with Crippen molar-refractivity contribution in [1.82, 2.24) is 4.41 Å². The molecular weight excluding hydrogens is 489 g/mol. The van der Waals surface area contributed by atoms with Gasteiger partial charge < -0.3 is 4.90 Å². The lowest BCUT2D eigenvalue weighted by atomic mass is 9.90. The summed E-state index contributed by atoms with van der Waals surface area (Å²) >= 11 is 18.3. The zero-order chi connectivity index (χ0) is 23.0. The number of halogens is 3. The molecule has 0 saturated heterocycles. The molecule has 0 saturated carbocycles. The third-order valence-electron chi connectivity index (χ3n) is 5.30. The van der Waals surface area contributed by atoms with Crippen LogP contribution in [0.5, 0.6) is 0 Å². The fourth-order valence-electron chi connectivity index (χ4n) is 3.54. The number of hydrogen-bond donors (Lipinski definition) is 0. The van der Waals surface area contributed by atoms with E-state index in [0.717, 1.165) is 21.2 Å². The van der Waals surface area contributed by atoms with Crippen LogP contribution in [0.4, 0.5) is 5.69 Å². The first kappa shape index (κ1) is 22.9. The molecule has 0 fully saturated rings. The minimum atomic E-state index is -3.86. The summed E-state index contributed by atoms with van der Waals surface area (Å²) in [6, 6.07) is 19.2. The molecule has 9 heteroatoms. The van der Waals surface area contributed by atoms with Gasteiger partial charge in [-0.2, -0.15) is 17.9 Å². The van der Waals surface area contributed by atoms with Crippen LogP contribution >= 0.6 is 34.8 Å². The van der Waals surface area contributed by atoms with Crippen molar-refractivity contribution < 1.29 is 8.42 Å². The molecule has 0 N–H and O–H groups in total. The van der Waals surface area contributed by atoms with E-state index in [4.69, 9.17) is 34.8 Å². The Morgan fingerprint density at radius 2 is 1.56 bits per heavy atom. The molecule has 0 radical (unpaired) electrons. The van der Waals surface area contributed by atoms with Crippen molar-refractivity contribution in [2.75, 3.05) is 25.5 Å². The van der Waals surface area contributed by atoms with Gasteiger partial charge in [-0.15, -0.1) is 0 Å². The molecule has 1 aliphatic rings. The van der Waals surface area contributed by atoms with Gasteiger partial charge in [-0.25, -0.2) is 0 Å². The highest BCUT2D eigenvalue weighted by Gasteiger charge is 2.36. The highest BCUT2D eigenvalue weighted by Crippen LogP contribution is 2.34. The van der Waals surface area contributed by atoms with E-state index in [9.17, 15) is 8.42 Å². The monoisotopic (exact) mass is 507 g/mol. The topological polar surface area (TPSA) is 53.0 Å². The minimum absolute atomic E-state index is 0.128. The molecule has 4 rings (SSSR count). The normalized spacial score (nSPS) is 16.2. The van der Waals surface area contributed by atoms with Crippen LogP contribution in [-0.4, -0.2) is 39.2 Å². The molecular formula is C23H20Cl3N3O2S. The molecule has 0 aliphatic carbocycles. The zero-order valence-electron chi connectivity index (χ0n) is 17.3. The van der Waals surface area contributed by atoms with Gasteiger partial charge in [0.15, 0.2) is 0 Å². The number of nitrogens with zero attached hydrogens (tertiary/aromatic N) is 3. The molecule has 166 valence electrons. The lowest BCUT2D eigenvalue weighted by molar-refractivity contribution is 0.451. The van der Waals surface area contributed by atoms with Gasteiger partial charge in [0.25, 0.3) is 10.0 Å². The molecule has 0 spiro atoms. The van der Waals surface area contributed by atoms with Crippen LogP contribution < -0.4 is 4.90 Å². The van der Waals surface area contributed by atoms with Crippen molar-refractivity contribution in [3.63, 3.8) is 0 Å². The van der Waals surface area contributed by atoms with Gasteiger partial charge in [0.2, 0.25) is 0 Å². The van der Waals surface area contributed by atoms with Gasteiger partial charge >= 0.3 is 0 Å². The van der Waals surface area contributed by atoms with E-state index < -0.39 is 10.0 Å². The second-order valence-electron chi connectivity index (χ2n) is 7.62. The Balaban J connectivity index is 1.78. The van der Waals surface area contributed by atoms with E-state index in [1.54, 1.807) is 30.3 Å². The molecule has 5 nitrogen and oxygen atoms in total. The fraction of sp³-hybridized carbons (Fsp3) is 0.174. The van der Waals surface area contributed by atoms with Crippen LogP contribution in [-0.2, 0) is 10.0 Å². The summed E-state index contributed by atoms with van der Waals surface area (Å²) in [6.07, 6.45) is 0. The molecule has 1 atom stereocenters. The van der Waals surface area contributed by atoms with Gasteiger partial charge in [0, 0.05) is 36.3 Å². The quantitative estimate of drug-likeness (QED) is 0.431. The second-order valence-corrected chi connectivity index (χ2v) is 10.7. The Kier molecular flexibility index (Phi) is 6.41. The van der Waals surface area contributed by atoms with Crippen molar-refractivity contribution in [1.29, 1.82) is 0 Å². The van der Waals surface area contributed by atoms with Crippen LogP contribution in [0.2, 0.25) is 15.1 Å². The molecule has 3 aromatic rings. The van der Waals surface area contributed by atoms with Crippen LogP contribution in [0.1, 0.15) is 17.0 Å². The average molecular weight is 509 g/mol. The number of benzene rings is 3. The average Bonchev–Trinajstić information content (AvgIpc) is 3.22. The Bertz CT molecular complexity index is 1270. The highest BCUT2D eigenvalue weighted by molar-refractivity contribution is 7.89. The van der Waals surface area contributed by atoms with E-state index in [0.29, 0.717) is 20.8 Å². The van der Waals surface area contributed by atoms with E-state index in [1.807, 2.05) is 43.3 Å². The minimum Gasteiger partial charge on any atom is -0.378 e. The van der Waals surface area contributed by atoms with Crippen molar-refractivity contribution in [2.45, 2.75) is 10.8 Å². The van der Waals surface area contributed by atoms with Crippen molar-refractivity contribution >= 4 is 56.2 Å². The second kappa shape index (κ2) is 8.94. The van der Waals surface area contributed by atoms with Gasteiger partial charge in [-0.1, -0.05) is 53.0 Å².